The van der Waals surface area contributed by atoms with Crippen molar-refractivity contribution in [1.82, 2.24) is 18.7 Å². The van der Waals surface area contributed by atoms with Crippen LogP contribution in [0.15, 0.2) is 61.3 Å². The summed E-state index contributed by atoms with van der Waals surface area (Å²) in [4.78, 5) is 42.2. The predicted octanol–water partition coefficient (Wildman–Crippen LogP) is 3.92. The SMILES string of the molecule is CC(C)n1c(=O)nc(Nc2ccc3oc(=O)n(C(C)C)c3c2)n(Cc2ccc(Cl)cc2)c1=O. The van der Waals surface area contributed by atoms with E-state index in [1.54, 1.807) is 44.2 Å². The average Bonchev–Trinajstić information content (AvgIpc) is 3.07. The molecule has 0 amide bonds. The van der Waals surface area contributed by atoms with Crippen molar-refractivity contribution in [1.29, 1.82) is 0 Å². The van der Waals surface area contributed by atoms with Gasteiger partial charge in [-0.3, -0.25) is 9.13 Å². The summed E-state index contributed by atoms with van der Waals surface area (Å²) in [6.07, 6.45) is 0. The Morgan fingerprint density at radius 1 is 0.970 bits per heavy atom. The molecular weight excluding hydrogens is 446 g/mol. The summed E-state index contributed by atoms with van der Waals surface area (Å²) in [7, 11) is 0. The molecule has 4 aromatic rings. The molecule has 0 aliphatic heterocycles. The highest BCUT2D eigenvalue weighted by Crippen LogP contribution is 2.23. The fourth-order valence-corrected chi connectivity index (χ4v) is 3.81. The van der Waals surface area contributed by atoms with E-state index in [4.69, 9.17) is 16.0 Å². The van der Waals surface area contributed by atoms with E-state index in [0.29, 0.717) is 21.8 Å². The van der Waals surface area contributed by atoms with Crippen molar-refractivity contribution in [3.63, 3.8) is 0 Å². The maximum Gasteiger partial charge on any atom is 0.420 e. The standard InChI is InChI=1S/C23H24ClN5O4/c1-13(2)28-18-11-17(9-10-19(18)33-23(28)32)25-20-26-21(30)29(14(3)4)22(31)27(20)12-15-5-7-16(24)8-6-15/h5-11,13-14H,12H2,1-4H3,(H,25,26,30). The number of hydrogen-bond acceptors (Lipinski definition) is 6. The molecule has 172 valence electrons. The van der Waals surface area contributed by atoms with Gasteiger partial charge < -0.3 is 9.73 Å². The first-order valence-corrected chi connectivity index (χ1v) is 10.9. The van der Waals surface area contributed by atoms with Gasteiger partial charge in [0.05, 0.1) is 12.1 Å². The van der Waals surface area contributed by atoms with E-state index in [-0.39, 0.29) is 24.6 Å². The first-order valence-electron chi connectivity index (χ1n) is 10.6. The average molecular weight is 470 g/mol. The second kappa shape index (κ2) is 8.74. The van der Waals surface area contributed by atoms with Crippen LogP contribution in [0.2, 0.25) is 5.02 Å². The quantitative estimate of drug-likeness (QED) is 0.459. The molecular formula is C23H24ClN5O4. The zero-order chi connectivity index (χ0) is 23.9. The van der Waals surface area contributed by atoms with Gasteiger partial charge in [-0.15, -0.1) is 0 Å². The number of benzene rings is 2. The van der Waals surface area contributed by atoms with Crippen LogP contribution in [0.3, 0.4) is 0 Å². The van der Waals surface area contributed by atoms with Gasteiger partial charge in [-0.1, -0.05) is 23.7 Å². The van der Waals surface area contributed by atoms with E-state index in [1.807, 2.05) is 26.0 Å². The Balaban J connectivity index is 1.83. The van der Waals surface area contributed by atoms with Gasteiger partial charge in [-0.05, 0) is 63.6 Å². The number of anilines is 2. The first-order chi connectivity index (χ1) is 15.7. The van der Waals surface area contributed by atoms with Gasteiger partial charge in [0.1, 0.15) is 0 Å². The smallest absolute Gasteiger partial charge is 0.408 e. The molecule has 0 fully saturated rings. The van der Waals surface area contributed by atoms with Gasteiger partial charge >= 0.3 is 17.1 Å². The van der Waals surface area contributed by atoms with Crippen molar-refractivity contribution >= 4 is 34.3 Å². The molecule has 0 saturated heterocycles. The van der Waals surface area contributed by atoms with E-state index >= 15 is 0 Å². The minimum absolute atomic E-state index is 0.0955. The summed E-state index contributed by atoms with van der Waals surface area (Å²) in [6, 6.07) is 11.7. The third kappa shape index (κ3) is 4.36. The van der Waals surface area contributed by atoms with Crippen LogP contribution in [0.25, 0.3) is 11.1 Å². The molecule has 4 rings (SSSR count). The van der Waals surface area contributed by atoms with Gasteiger partial charge in [-0.25, -0.2) is 19.0 Å². The number of nitrogens with zero attached hydrogens (tertiary/aromatic N) is 4. The van der Waals surface area contributed by atoms with Crippen molar-refractivity contribution in [2.24, 2.45) is 0 Å². The van der Waals surface area contributed by atoms with Crippen LogP contribution in [-0.4, -0.2) is 18.7 Å². The molecule has 0 aliphatic rings. The summed E-state index contributed by atoms with van der Waals surface area (Å²) < 4.78 is 9.35. The van der Waals surface area contributed by atoms with Crippen molar-refractivity contribution in [2.75, 3.05) is 5.32 Å². The highest BCUT2D eigenvalue weighted by Gasteiger charge is 2.17. The third-order valence-corrected chi connectivity index (χ3v) is 5.51. The second-order valence-corrected chi connectivity index (χ2v) is 8.75. The largest absolute Gasteiger partial charge is 0.420 e. The lowest BCUT2D eigenvalue weighted by Gasteiger charge is -2.17. The molecule has 0 bridgehead atoms. The maximum absolute atomic E-state index is 13.2. The summed E-state index contributed by atoms with van der Waals surface area (Å²) in [6.45, 7) is 7.45. The lowest BCUT2D eigenvalue weighted by Crippen LogP contribution is -2.43. The molecule has 0 saturated carbocycles. The van der Waals surface area contributed by atoms with E-state index in [0.717, 1.165) is 10.1 Å². The van der Waals surface area contributed by atoms with Gasteiger partial charge in [0.2, 0.25) is 5.95 Å². The molecule has 2 heterocycles. The molecule has 33 heavy (non-hydrogen) atoms. The lowest BCUT2D eigenvalue weighted by molar-refractivity contribution is 0.478. The minimum atomic E-state index is -0.645. The number of hydrogen-bond donors (Lipinski definition) is 1. The minimum Gasteiger partial charge on any atom is -0.408 e. The first kappa shape index (κ1) is 22.6. The molecule has 0 atom stereocenters. The Morgan fingerprint density at radius 2 is 1.64 bits per heavy atom. The maximum atomic E-state index is 13.2. The van der Waals surface area contributed by atoms with Crippen LogP contribution < -0.4 is 22.5 Å². The number of rotatable bonds is 6. The zero-order valence-electron chi connectivity index (χ0n) is 18.7. The van der Waals surface area contributed by atoms with Crippen molar-refractivity contribution in [2.45, 2.75) is 46.3 Å². The Hall–Kier alpha value is -3.59. The van der Waals surface area contributed by atoms with Crippen LogP contribution in [0.5, 0.6) is 0 Å². The number of oxazole rings is 1. The Kier molecular flexibility index (Phi) is 5.99. The highest BCUT2D eigenvalue weighted by molar-refractivity contribution is 6.30. The fraction of sp³-hybridized carbons (Fsp3) is 0.304. The molecule has 1 N–H and O–H groups in total. The van der Waals surface area contributed by atoms with E-state index in [1.165, 1.54) is 9.13 Å². The highest BCUT2D eigenvalue weighted by atomic mass is 35.5. The molecule has 2 aromatic heterocycles. The van der Waals surface area contributed by atoms with Crippen molar-refractivity contribution in [3.8, 4) is 0 Å². The van der Waals surface area contributed by atoms with Crippen LogP contribution in [0, 0.1) is 0 Å². The molecule has 0 aliphatic carbocycles. The van der Waals surface area contributed by atoms with Crippen molar-refractivity contribution < 1.29 is 4.42 Å². The number of fused-ring (bicyclic) bond motifs is 1. The monoisotopic (exact) mass is 469 g/mol. The summed E-state index contributed by atoms with van der Waals surface area (Å²) in [5, 5.41) is 3.66. The van der Waals surface area contributed by atoms with Gasteiger partial charge in [0.15, 0.2) is 5.58 Å². The van der Waals surface area contributed by atoms with Crippen molar-refractivity contribution in [3.05, 3.63) is 84.6 Å². The Labute approximate surface area is 193 Å². The molecule has 0 unspecified atom stereocenters. The number of nitrogens with one attached hydrogen (secondary N) is 1. The van der Waals surface area contributed by atoms with Crippen LogP contribution in [-0.2, 0) is 6.54 Å². The Bertz CT molecular complexity index is 1490. The molecule has 0 radical (unpaired) electrons. The molecule has 2 aromatic carbocycles. The topological polar surface area (TPSA) is 104 Å². The third-order valence-electron chi connectivity index (χ3n) is 5.26. The molecule has 10 heteroatoms. The Morgan fingerprint density at radius 3 is 2.27 bits per heavy atom. The van der Waals surface area contributed by atoms with E-state index in [2.05, 4.69) is 10.3 Å². The number of aromatic nitrogens is 4. The zero-order valence-corrected chi connectivity index (χ0v) is 19.5. The summed E-state index contributed by atoms with van der Waals surface area (Å²) in [5.74, 6) is -0.354. The fourth-order valence-electron chi connectivity index (χ4n) is 3.69. The lowest BCUT2D eigenvalue weighted by atomic mass is 10.2. The molecule has 9 nitrogen and oxygen atoms in total. The van der Waals surface area contributed by atoms with Gasteiger partial charge in [-0.2, -0.15) is 4.98 Å². The van der Waals surface area contributed by atoms with E-state index in [9.17, 15) is 14.4 Å². The van der Waals surface area contributed by atoms with Gasteiger partial charge in [0, 0.05) is 22.8 Å². The summed E-state index contributed by atoms with van der Waals surface area (Å²) >= 11 is 5.99. The van der Waals surface area contributed by atoms with Gasteiger partial charge in [0.25, 0.3) is 0 Å². The van der Waals surface area contributed by atoms with E-state index < -0.39 is 17.1 Å². The predicted molar refractivity (Wildman–Crippen MR) is 128 cm³/mol. The summed E-state index contributed by atoms with van der Waals surface area (Å²) in [5.41, 5.74) is 1.29. The van der Waals surface area contributed by atoms with Crippen LogP contribution in [0.4, 0.5) is 11.6 Å². The normalized spacial score (nSPS) is 11.6. The second-order valence-electron chi connectivity index (χ2n) is 8.32. The number of halogens is 1. The van der Waals surface area contributed by atoms with Crippen LogP contribution in [0.1, 0.15) is 45.3 Å². The molecule has 0 spiro atoms. The van der Waals surface area contributed by atoms with Crippen LogP contribution >= 0.6 is 11.6 Å².